The van der Waals surface area contributed by atoms with Crippen LogP contribution in [0.4, 0.5) is 0 Å². The molecule has 3 N–H and O–H groups in total. The zero-order valence-electron chi connectivity index (χ0n) is 10.8. The number of rotatable bonds is 3. The lowest BCUT2D eigenvalue weighted by Gasteiger charge is -2.28. The maximum atomic E-state index is 12.0. The Labute approximate surface area is 114 Å². The number of nitrogens with zero attached hydrogens (tertiary/aromatic N) is 1. The minimum atomic E-state index is -0.0330. The predicted molar refractivity (Wildman–Crippen MR) is 73.1 cm³/mol. The number of aromatic nitrogens is 2. The molecule has 0 spiro atoms. The Morgan fingerprint density at radius 1 is 1.61 bits per heavy atom. The molecule has 18 heavy (non-hydrogen) atoms. The number of aromatic amines is 1. The fourth-order valence-corrected chi connectivity index (χ4v) is 2.29. The van der Waals surface area contributed by atoms with Crippen molar-refractivity contribution in [3.63, 3.8) is 0 Å². The third-order valence-corrected chi connectivity index (χ3v) is 3.48. The molecular formula is C12H21ClN4O. The molecule has 2 atom stereocenters. The monoisotopic (exact) mass is 272 g/mol. The smallest absolute Gasteiger partial charge is 0.254 e. The molecule has 6 heteroatoms. The number of nitrogens with one attached hydrogen (secondary N) is 3. The third-order valence-electron chi connectivity index (χ3n) is 3.48. The van der Waals surface area contributed by atoms with Crippen molar-refractivity contribution in [3.05, 3.63) is 17.5 Å². The van der Waals surface area contributed by atoms with E-state index in [1.54, 1.807) is 6.20 Å². The Kier molecular flexibility index (Phi) is 5.62. The SMILES string of the molecule is Cc1[nH]ncc1C(=O)NC(C)C1CCCNC1.Cl. The number of aryl methyl sites for hydroxylation is 1. The molecule has 2 rings (SSSR count). The van der Waals surface area contributed by atoms with E-state index in [1.807, 2.05) is 6.92 Å². The van der Waals surface area contributed by atoms with E-state index in [2.05, 4.69) is 27.8 Å². The second-order valence-electron chi connectivity index (χ2n) is 4.78. The molecule has 0 bridgehead atoms. The van der Waals surface area contributed by atoms with Crippen LogP contribution in [0.2, 0.25) is 0 Å². The quantitative estimate of drug-likeness (QED) is 0.776. The van der Waals surface area contributed by atoms with Crippen molar-refractivity contribution < 1.29 is 4.79 Å². The van der Waals surface area contributed by atoms with Crippen LogP contribution in [0.5, 0.6) is 0 Å². The van der Waals surface area contributed by atoms with Crippen LogP contribution in [0.1, 0.15) is 35.8 Å². The topological polar surface area (TPSA) is 69.8 Å². The summed E-state index contributed by atoms with van der Waals surface area (Å²) >= 11 is 0. The van der Waals surface area contributed by atoms with Gasteiger partial charge in [-0.25, -0.2) is 0 Å². The van der Waals surface area contributed by atoms with Crippen LogP contribution in [0.15, 0.2) is 6.20 Å². The summed E-state index contributed by atoms with van der Waals surface area (Å²) in [6, 6.07) is 0.199. The zero-order chi connectivity index (χ0) is 12.3. The molecule has 5 nitrogen and oxygen atoms in total. The number of halogens is 1. The molecule has 1 aliphatic rings. The van der Waals surface area contributed by atoms with Gasteiger partial charge in [0.2, 0.25) is 0 Å². The molecule has 1 aromatic heterocycles. The minimum Gasteiger partial charge on any atom is -0.349 e. The van der Waals surface area contributed by atoms with Gasteiger partial charge in [-0.2, -0.15) is 5.10 Å². The van der Waals surface area contributed by atoms with Gasteiger partial charge in [0.1, 0.15) is 0 Å². The Morgan fingerprint density at radius 3 is 2.94 bits per heavy atom. The number of H-pyrrole nitrogens is 1. The first-order valence-electron chi connectivity index (χ1n) is 6.20. The lowest BCUT2D eigenvalue weighted by Crippen LogP contribution is -2.44. The highest BCUT2D eigenvalue weighted by molar-refractivity contribution is 5.95. The van der Waals surface area contributed by atoms with Crippen LogP contribution in [-0.2, 0) is 0 Å². The normalized spacial score (nSPS) is 20.9. The van der Waals surface area contributed by atoms with Crippen molar-refractivity contribution in [2.24, 2.45) is 5.92 Å². The molecule has 0 saturated carbocycles. The van der Waals surface area contributed by atoms with Gasteiger partial charge >= 0.3 is 0 Å². The van der Waals surface area contributed by atoms with Crippen LogP contribution in [0.3, 0.4) is 0 Å². The zero-order valence-corrected chi connectivity index (χ0v) is 11.6. The average molecular weight is 273 g/mol. The molecule has 0 aliphatic carbocycles. The molecular weight excluding hydrogens is 252 g/mol. The maximum Gasteiger partial charge on any atom is 0.254 e. The fourth-order valence-electron chi connectivity index (χ4n) is 2.29. The van der Waals surface area contributed by atoms with E-state index in [4.69, 9.17) is 0 Å². The largest absolute Gasteiger partial charge is 0.349 e. The lowest BCUT2D eigenvalue weighted by atomic mass is 9.92. The fraction of sp³-hybridized carbons (Fsp3) is 0.667. The highest BCUT2D eigenvalue weighted by atomic mass is 35.5. The molecule has 1 saturated heterocycles. The van der Waals surface area contributed by atoms with Gasteiger partial charge in [0.15, 0.2) is 0 Å². The first kappa shape index (κ1) is 15.0. The van der Waals surface area contributed by atoms with Crippen LogP contribution < -0.4 is 10.6 Å². The van der Waals surface area contributed by atoms with Crippen molar-refractivity contribution in [2.75, 3.05) is 13.1 Å². The van der Waals surface area contributed by atoms with Crippen LogP contribution in [0, 0.1) is 12.8 Å². The first-order chi connectivity index (χ1) is 8.18. The second-order valence-corrected chi connectivity index (χ2v) is 4.78. The van der Waals surface area contributed by atoms with Gasteiger partial charge in [0.05, 0.1) is 11.8 Å². The second kappa shape index (κ2) is 6.75. The van der Waals surface area contributed by atoms with E-state index in [9.17, 15) is 4.79 Å². The highest BCUT2D eigenvalue weighted by Gasteiger charge is 2.22. The molecule has 1 aliphatic heterocycles. The number of carbonyl (C=O) groups excluding carboxylic acids is 1. The van der Waals surface area contributed by atoms with E-state index in [0.717, 1.165) is 18.8 Å². The lowest BCUT2D eigenvalue weighted by molar-refractivity contribution is 0.0921. The van der Waals surface area contributed by atoms with Crippen molar-refractivity contribution in [2.45, 2.75) is 32.7 Å². The molecule has 0 aromatic carbocycles. The van der Waals surface area contributed by atoms with Crippen molar-refractivity contribution >= 4 is 18.3 Å². The minimum absolute atomic E-state index is 0. The molecule has 102 valence electrons. The van der Waals surface area contributed by atoms with Gasteiger partial charge in [-0.15, -0.1) is 12.4 Å². The van der Waals surface area contributed by atoms with E-state index < -0.39 is 0 Å². The number of hydrogen-bond acceptors (Lipinski definition) is 3. The summed E-state index contributed by atoms with van der Waals surface area (Å²) in [5.41, 5.74) is 1.46. The van der Waals surface area contributed by atoms with Crippen LogP contribution in [0.25, 0.3) is 0 Å². The Balaban J connectivity index is 0.00000162. The van der Waals surface area contributed by atoms with Gasteiger partial charge < -0.3 is 10.6 Å². The van der Waals surface area contributed by atoms with Crippen molar-refractivity contribution in [1.82, 2.24) is 20.8 Å². The van der Waals surface area contributed by atoms with E-state index in [1.165, 1.54) is 12.8 Å². The summed E-state index contributed by atoms with van der Waals surface area (Å²) in [6.45, 7) is 6.02. The Morgan fingerprint density at radius 2 is 2.39 bits per heavy atom. The van der Waals surface area contributed by atoms with Gasteiger partial charge in [-0.3, -0.25) is 9.89 Å². The molecule has 2 unspecified atom stereocenters. The summed E-state index contributed by atoms with van der Waals surface area (Å²) in [6.07, 6.45) is 3.95. The summed E-state index contributed by atoms with van der Waals surface area (Å²) in [5, 5.41) is 13.1. The standard InChI is InChI=1S/C12H20N4O.ClH/c1-8(10-4-3-5-13-6-10)15-12(17)11-7-14-16-9(11)2;/h7-8,10,13H,3-6H2,1-2H3,(H,14,16)(H,15,17);1H. The summed E-state index contributed by atoms with van der Waals surface area (Å²) in [4.78, 5) is 12.0. The van der Waals surface area contributed by atoms with Crippen molar-refractivity contribution in [3.8, 4) is 0 Å². The number of amides is 1. The Hall–Kier alpha value is -1.07. The van der Waals surface area contributed by atoms with Gasteiger partial charge in [0, 0.05) is 11.7 Å². The van der Waals surface area contributed by atoms with E-state index in [0.29, 0.717) is 11.5 Å². The van der Waals surface area contributed by atoms with E-state index >= 15 is 0 Å². The third kappa shape index (κ3) is 3.46. The molecule has 1 aromatic rings. The number of piperidine rings is 1. The molecule has 1 fully saturated rings. The Bertz CT molecular complexity index is 387. The number of carbonyl (C=O) groups is 1. The average Bonchev–Trinajstić information content (AvgIpc) is 2.76. The molecule has 0 radical (unpaired) electrons. The van der Waals surface area contributed by atoms with Gasteiger partial charge in [0.25, 0.3) is 5.91 Å². The maximum absolute atomic E-state index is 12.0. The molecule has 1 amide bonds. The highest BCUT2D eigenvalue weighted by Crippen LogP contribution is 2.14. The van der Waals surface area contributed by atoms with Gasteiger partial charge in [-0.1, -0.05) is 0 Å². The molecule has 2 heterocycles. The van der Waals surface area contributed by atoms with E-state index in [-0.39, 0.29) is 24.4 Å². The first-order valence-corrected chi connectivity index (χ1v) is 6.20. The predicted octanol–water partition coefficient (Wildman–Crippen LogP) is 1.26. The van der Waals surface area contributed by atoms with Crippen LogP contribution in [-0.4, -0.2) is 35.2 Å². The van der Waals surface area contributed by atoms with Crippen molar-refractivity contribution in [1.29, 1.82) is 0 Å². The van der Waals surface area contributed by atoms with Gasteiger partial charge in [-0.05, 0) is 45.7 Å². The number of hydrogen-bond donors (Lipinski definition) is 3. The van der Waals surface area contributed by atoms with Crippen LogP contribution >= 0.6 is 12.4 Å². The summed E-state index contributed by atoms with van der Waals surface area (Å²) in [7, 11) is 0. The summed E-state index contributed by atoms with van der Waals surface area (Å²) in [5.74, 6) is 0.495. The summed E-state index contributed by atoms with van der Waals surface area (Å²) < 4.78 is 0.